The molecule has 8 heteroatoms. The molecule has 0 aliphatic carbocycles. The number of halogens is 1. The molecule has 2 aromatic rings. The third-order valence-corrected chi connectivity index (χ3v) is 4.51. The number of sulfonamides is 1. The van der Waals surface area contributed by atoms with Crippen LogP contribution in [-0.4, -0.2) is 25.9 Å². The molecule has 1 aromatic heterocycles. The summed E-state index contributed by atoms with van der Waals surface area (Å²) in [5.74, 6) is -0.677. The Bertz CT molecular complexity index is 750. The first-order valence-corrected chi connectivity index (χ1v) is 8.56. The van der Waals surface area contributed by atoms with Crippen molar-refractivity contribution in [2.24, 2.45) is 0 Å². The van der Waals surface area contributed by atoms with Crippen LogP contribution in [0.4, 0.5) is 0 Å². The molecule has 0 saturated carbocycles. The van der Waals surface area contributed by atoms with Gasteiger partial charge in [0.2, 0.25) is 10.0 Å². The van der Waals surface area contributed by atoms with Gasteiger partial charge in [0, 0.05) is 10.7 Å². The Kier molecular flexibility index (Phi) is 5.64. The van der Waals surface area contributed by atoms with E-state index in [9.17, 15) is 13.2 Å². The third-order valence-electron chi connectivity index (χ3n) is 2.62. The van der Waals surface area contributed by atoms with Crippen LogP contribution in [-0.2, 0) is 26.2 Å². The predicted octanol–water partition coefficient (Wildman–Crippen LogP) is 1.87. The molecule has 0 radical (unpaired) electrons. The van der Waals surface area contributed by atoms with E-state index in [0.717, 1.165) is 0 Å². The van der Waals surface area contributed by atoms with Gasteiger partial charge in [0.15, 0.2) is 0 Å². The Morgan fingerprint density at radius 3 is 2.73 bits per heavy atom. The van der Waals surface area contributed by atoms with E-state index in [1.54, 1.807) is 36.5 Å². The number of rotatable bonds is 6. The minimum absolute atomic E-state index is 0.00170. The van der Waals surface area contributed by atoms with Crippen LogP contribution in [0.5, 0.6) is 0 Å². The summed E-state index contributed by atoms with van der Waals surface area (Å²) in [6, 6.07) is 11.4. The number of pyridine rings is 1. The van der Waals surface area contributed by atoms with Gasteiger partial charge in [-0.2, -0.15) is 4.72 Å². The van der Waals surface area contributed by atoms with Gasteiger partial charge in [-0.1, -0.05) is 28.1 Å². The van der Waals surface area contributed by atoms with Gasteiger partial charge in [0.1, 0.15) is 13.2 Å². The molecule has 1 N–H and O–H groups in total. The molecule has 0 fully saturated rings. The first kappa shape index (κ1) is 16.6. The molecule has 0 aliphatic rings. The first-order chi connectivity index (χ1) is 10.5. The molecule has 0 amide bonds. The smallest absolute Gasteiger partial charge is 0.321 e. The molecule has 1 heterocycles. The van der Waals surface area contributed by atoms with Crippen molar-refractivity contribution in [3.05, 3.63) is 58.8 Å². The van der Waals surface area contributed by atoms with Crippen molar-refractivity contribution in [1.29, 1.82) is 0 Å². The number of aromatic nitrogens is 1. The second-order valence-electron chi connectivity index (χ2n) is 4.26. The SMILES string of the molecule is O=C(CNS(=O)(=O)c1cccc(Br)c1)OCc1ccccn1. The molecule has 0 aliphatic heterocycles. The standard InChI is InChI=1S/C14H13BrN2O4S/c15-11-4-3-6-13(8-11)22(19,20)17-9-14(18)21-10-12-5-1-2-7-16-12/h1-8,17H,9-10H2. The van der Waals surface area contributed by atoms with E-state index in [-0.39, 0.29) is 11.5 Å². The van der Waals surface area contributed by atoms with E-state index < -0.39 is 22.5 Å². The Labute approximate surface area is 136 Å². The summed E-state index contributed by atoms with van der Waals surface area (Å²) in [7, 11) is -3.76. The van der Waals surface area contributed by atoms with E-state index in [1.165, 1.54) is 12.1 Å². The summed E-state index contributed by atoms with van der Waals surface area (Å²) in [6.07, 6.45) is 1.58. The van der Waals surface area contributed by atoms with Gasteiger partial charge < -0.3 is 4.74 Å². The number of nitrogens with one attached hydrogen (secondary N) is 1. The van der Waals surface area contributed by atoms with Crippen molar-refractivity contribution in [3.8, 4) is 0 Å². The van der Waals surface area contributed by atoms with Gasteiger partial charge in [0.25, 0.3) is 0 Å². The molecule has 22 heavy (non-hydrogen) atoms. The molecule has 0 atom stereocenters. The number of benzene rings is 1. The maximum Gasteiger partial charge on any atom is 0.321 e. The number of hydrogen-bond donors (Lipinski definition) is 1. The summed E-state index contributed by atoms with van der Waals surface area (Å²) < 4.78 is 31.8. The highest BCUT2D eigenvalue weighted by atomic mass is 79.9. The van der Waals surface area contributed by atoms with Crippen LogP contribution >= 0.6 is 15.9 Å². The zero-order valence-electron chi connectivity index (χ0n) is 11.4. The van der Waals surface area contributed by atoms with Crippen molar-refractivity contribution in [3.63, 3.8) is 0 Å². The topological polar surface area (TPSA) is 85.4 Å². The van der Waals surface area contributed by atoms with Crippen molar-refractivity contribution in [2.45, 2.75) is 11.5 Å². The molecular weight excluding hydrogens is 372 g/mol. The van der Waals surface area contributed by atoms with Gasteiger partial charge in [-0.05, 0) is 30.3 Å². The van der Waals surface area contributed by atoms with Crippen LogP contribution in [0.2, 0.25) is 0 Å². The van der Waals surface area contributed by atoms with Crippen LogP contribution in [0.1, 0.15) is 5.69 Å². The lowest BCUT2D eigenvalue weighted by atomic mass is 10.4. The van der Waals surface area contributed by atoms with E-state index in [2.05, 4.69) is 25.6 Å². The van der Waals surface area contributed by atoms with Gasteiger partial charge in [0.05, 0.1) is 10.6 Å². The Morgan fingerprint density at radius 2 is 2.05 bits per heavy atom. The minimum atomic E-state index is -3.76. The van der Waals surface area contributed by atoms with E-state index in [4.69, 9.17) is 4.74 Å². The van der Waals surface area contributed by atoms with Crippen LogP contribution in [0, 0.1) is 0 Å². The maximum absolute atomic E-state index is 12.0. The van der Waals surface area contributed by atoms with Gasteiger partial charge in [-0.25, -0.2) is 8.42 Å². The molecule has 116 valence electrons. The highest BCUT2D eigenvalue weighted by Crippen LogP contribution is 2.15. The second-order valence-corrected chi connectivity index (χ2v) is 6.95. The largest absolute Gasteiger partial charge is 0.458 e. The predicted molar refractivity (Wildman–Crippen MR) is 83.4 cm³/mol. The number of esters is 1. The molecule has 0 bridgehead atoms. The van der Waals surface area contributed by atoms with Crippen molar-refractivity contribution in [1.82, 2.24) is 9.71 Å². The molecule has 0 unspecified atom stereocenters. The highest BCUT2D eigenvalue weighted by Gasteiger charge is 2.16. The van der Waals surface area contributed by atoms with E-state index in [1.807, 2.05) is 0 Å². The molecule has 0 spiro atoms. The summed E-state index contributed by atoms with van der Waals surface area (Å²) in [5.41, 5.74) is 0.589. The number of nitrogens with zero attached hydrogens (tertiary/aromatic N) is 1. The van der Waals surface area contributed by atoms with Crippen molar-refractivity contribution in [2.75, 3.05) is 6.54 Å². The average Bonchev–Trinajstić information content (AvgIpc) is 2.52. The molecule has 2 rings (SSSR count). The van der Waals surface area contributed by atoms with Crippen LogP contribution in [0.15, 0.2) is 58.0 Å². The fourth-order valence-corrected chi connectivity index (χ4v) is 3.13. The Hall–Kier alpha value is -1.77. The average molecular weight is 385 g/mol. The first-order valence-electron chi connectivity index (χ1n) is 6.28. The van der Waals surface area contributed by atoms with Crippen LogP contribution in [0.3, 0.4) is 0 Å². The van der Waals surface area contributed by atoms with Crippen LogP contribution < -0.4 is 4.72 Å². The maximum atomic E-state index is 12.0. The number of hydrogen-bond acceptors (Lipinski definition) is 5. The van der Waals surface area contributed by atoms with Crippen LogP contribution in [0.25, 0.3) is 0 Å². The van der Waals surface area contributed by atoms with E-state index >= 15 is 0 Å². The minimum Gasteiger partial charge on any atom is -0.458 e. The fourth-order valence-electron chi connectivity index (χ4n) is 1.56. The fraction of sp³-hybridized carbons (Fsp3) is 0.143. The van der Waals surface area contributed by atoms with Crippen molar-refractivity contribution >= 4 is 31.9 Å². The van der Waals surface area contributed by atoms with E-state index in [0.29, 0.717) is 10.2 Å². The molecule has 6 nitrogen and oxygen atoms in total. The Morgan fingerprint density at radius 1 is 1.23 bits per heavy atom. The molecule has 1 aromatic carbocycles. The summed E-state index contributed by atoms with van der Waals surface area (Å²) in [4.78, 5) is 15.6. The summed E-state index contributed by atoms with van der Waals surface area (Å²) in [5, 5.41) is 0. The normalized spacial score (nSPS) is 11.1. The van der Waals surface area contributed by atoms with Gasteiger partial charge >= 0.3 is 5.97 Å². The quantitative estimate of drug-likeness (QED) is 0.768. The lowest BCUT2D eigenvalue weighted by Crippen LogP contribution is -2.30. The van der Waals surface area contributed by atoms with Gasteiger partial charge in [-0.3, -0.25) is 9.78 Å². The highest BCUT2D eigenvalue weighted by molar-refractivity contribution is 9.10. The lowest BCUT2D eigenvalue weighted by Gasteiger charge is -2.07. The summed E-state index contributed by atoms with van der Waals surface area (Å²) >= 11 is 3.19. The zero-order chi connectivity index (χ0) is 16.0. The second kappa shape index (κ2) is 7.48. The molecule has 0 saturated heterocycles. The lowest BCUT2D eigenvalue weighted by molar-refractivity contribution is -0.143. The zero-order valence-corrected chi connectivity index (χ0v) is 13.8. The van der Waals surface area contributed by atoms with Crippen molar-refractivity contribution < 1.29 is 17.9 Å². The third kappa shape index (κ3) is 4.90. The number of carbonyl (C=O) groups excluding carboxylic acids is 1. The summed E-state index contributed by atoms with van der Waals surface area (Å²) in [6.45, 7) is -0.444. The number of ether oxygens (including phenoxy) is 1. The Balaban J connectivity index is 1.88. The molecular formula is C14H13BrN2O4S. The number of carbonyl (C=O) groups is 1. The monoisotopic (exact) mass is 384 g/mol. The van der Waals surface area contributed by atoms with Gasteiger partial charge in [-0.15, -0.1) is 0 Å².